The Labute approximate surface area is 173 Å². The standard InChI is InChI=1S/C19H19ClN6O2S/c1-29(27,28)17-5-3-2-4-15(17)24-18-22-11-23-19(26-18)25-16-9-12-6-7-21-10-13(12)8-14(16)20/h2-5,8-9,11,21H,6-7,10H2,1H3,(H2,22,23,24,25,26). The van der Waals surface area contributed by atoms with Gasteiger partial charge in [-0.15, -0.1) is 0 Å². The van der Waals surface area contributed by atoms with Crippen LogP contribution in [0.4, 0.5) is 23.3 Å². The number of sulfone groups is 1. The zero-order valence-corrected chi connectivity index (χ0v) is 17.2. The first kappa shape index (κ1) is 19.6. The van der Waals surface area contributed by atoms with E-state index in [9.17, 15) is 8.42 Å². The molecule has 1 aromatic heterocycles. The number of anilines is 4. The van der Waals surface area contributed by atoms with Crippen molar-refractivity contribution in [1.29, 1.82) is 0 Å². The molecule has 3 aromatic rings. The molecule has 2 aromatic carbocycles. The van der Waals surface area contributed by atoms with E-state index >= 15 is 0 Å². The van der Waals surface area contributed by atoms with Crippen molar-refractivity contribution >= 4 is 44.7 Å². The van der Waals surface area contributed by atoms with Crippen LogP contribution in [0.15, 0.2) is 47.6 Å². The third kappa shape index (κ3) is 4.47. The maximum atomic E-state index is 12.0. The van der Waals surface area contributed by atoms with Crippen molar-refractivity contribution in [3.63, 3.8) is 0 Å². The van der Waals surface area contributed by atoms with Crippen LogP contribution in [0.25, 0.3) is 0 Å². The fraction of sp³-hybridized carbons (Fsp3) is 0.211. The molecule has 2 heterocycles. The van der Waals surface area contributed by atoms with Crippen LogP contribution < -0.4 is 16.0 Å². The van der Waals surface area contributed by atoms with Gasteiger partial charge in [-0.05, 0) is 48.4 Å². The fourth-order valence-electron chi connectivity index (χ4n) is 3.15. The second-order valence-electron chi connectivity index (χ2n) is 6.68. The third-order valence-corrected chi connectivity index (χ3v) is 5.99. The zero-order valence-electron chi connectivity index (χ0n) is 15.6. The predicted octanol–water partition coefficient (Wildman–Crippen LogP) is 3.06. The van der Waals surface area contributed by atoms with Crippen LogP contribution in [0, 0.1) is 0 Å². The van der Waals surface area contributed by atoms with Crippen LogP contribution >= 0.6 is 11.6 Å². The van der Waals surface area contributed by atoms with Crippen molar-refractivity contribution < 1.29 is 8.42 Å². The van der Waals surface area contributed by atoms with Gasteiger partial charge in [0.25, 0.3) is 0 Å². The van der Waals surface area contributed by atoms with E-state index in [1.807, 2.05) is 12.1 Å². The van der Waals surface area contributed by atoms with E-state index in [0.29, 0.717) is 22.3 Å². The molecular weight excluding hydrogens is 412 g/mol. The van der Waals surface area contributed by atoms with Crippen molar-refractivity contribution in [2.75, 3.05) is 23.4 Å². The zero-order chi connectivity index (χ0) is 20.4. The van der Waals surface area contributed by atoms with Crippen LogP contribution in [0.1, 0.15) is 11.1 Å². The smallest absolute Gasteiger partial charge is 0.232 e. The topological polar surface area (TPSA) is 109 Å². The van der Waals surface area contributed by atoms with Gasteiger partial charge in [0.15, 0.2) is 9.84 Å². The van der Waals surface area contributed by atoms with E-state index < -0.39 is 9.84 Å². The number of hydrogen-bond donors (Lipinski definition) is 3. The molecule has 0 amide bonds. The number of halogens is 1. The highest BCUT2D eigenvalue weighted by atomic mass is 35.5. The average molecular weight is 431 g/mol. The van der Waals surface area contributed by atoms with Gasteiger partial charge in [-0.2, -0.15) is 4.98 Å². The Kier molecular flexibility index (Phi) is 5.35. The summed E-state index contributed by atoms with van der Waals surface area (Å²) in [7, 11) is -3.40. The highest BCUT2D eigenvalue weighted by Gasteiger charge is 2.15. The lowest BCUT2D eigenvalue weighted by molar-refractivity contribution is 0.602. The summed E-state index contributed by atoms with van der Waals surface area (Å²) in [6.45, 7) is 1.72. The van der Waals surface area contributed by atoms with E-state index in [2.05, 4.69) is 30.9 Å². The molecule has 1 aliphatic rings. The Balaban J connectivity index is 1.59. The average Bonchev–Trinajstić information content (AvgIpc) is 2.68. The van der Waals surface area contributed by atoms with Crippen LogP contribution in [0.2, 0.25) is 5.02 Å². The minimum Gasteiger partial charge on any atom is -0.323 e. The number of nitrogens with one attached hydrogen (secondary N) is 3. The lowest BCUT2D eigenvalue weighted by atomic mass is 10.0. The van der Waals surface area contributed by atoms with Crippen molar-refractivity contribution in [2.24, 2.45) is 0 Å². The van der Waals surface area contributed by atoms with Crippen LogP contribution in [0.5, 0.6) is 0 Å². The van der Waals surface area contributed by atoms with E-state index in [0.717, 1.165) is 25.8 Å². The predicted molar refractivity (Wildman–Crippen MR) is 113 cm³/mol. The number of hydrogen-bond acceptors (Lipinski definition) is 8. The molecule has 0 unspecified atom stereocenters. The van der Waals surface area contributed by atoms with Crippen molar-refractivity contribution in [1.82, 2.24) is 20.3 Å². The summed E-state index contributed by atoms with van der Waals surface area (Å²) in [4.78, 5) is 12.7. The van der Waals surface area contributed by atoms with Crippen LogP contribution in [0.3, 0.4) is 0 Å². The summed E-state index contributed by atoms with van der Waals surface area (Å²) < 4.78 is 24.0. The molecular formula is C19H19ClN6O2S. The normalized spacial score (nSPS) is 13.6. The van der Waals surface area contributed by atoms with Gasteiger partial charge in [-0.3, -0.25) is 0 Å². The maximum Gasteiger partial charge on any atom is 0.232 e. The van der Waals surface area contributed by atoms with Gasteiger partial charge in [0, 0.05) is 12.8 Å². The van der Waals surface area contributed by atoms with Crippen molar-refractivity contribution in [3.8, 4) is 0 Å². The van der Waals surface area contributed by atoms with Gasteiger partial charge in [0.05, 0.1) is 21.3 Å². The Hall–Kier alpha value is -2.75. The van der Waals surface area contributed by atoms with Gasteiger partial charge in [0.1, 0.15) is 6.33 Å². The van der Waals surface area contributed by atoms with Crippen LogP contribution in [-0.2, 0) is 22.8 Å². The van der Waals surface area contributed by atoms with Gasteiger partial charge < -0.3 is 16.0 Å². The molecule has 0 fully saturated rings. The first-order valence-corrected chi connectivity index (χ1v) is 11.2. The van der Waals surface area contributed by atoms with E-state index in [1.165, 1.54) is 23.5 Å². The molecule has 8 nitrogen and oxygen atoms in total. The maximum absolute atomic E-state index is 12.0. The number of para-hydroxylation sites is 1. The van der Waals surface area contributed by atoms with E-state index in [1.54, 1.807) is 18.2 Å². The number of benzene rings is 2. The first-order valence-electron chi connectivity index (χ1n) is 8.94. The van der Waals surface area contributed by atoms with Crippen molar-refractivity contribution in [3.05, 3.63) is 58.9 Å². The third-order valence-electron chi connectivity index (χ3n) is 4.53. The monoisotopic (exact) mass is 430 g/mol. The molecule has 10 heteroatoms. The van der Waals surface area contributed by atoms with Crippen molar-refractivity contribution in [2.45, 2.75) is 17.9 Å². The van der Waals surface area contributed by atoms with Gasteiger partial charge in [0.2, 0.25) is 11.9 Å². The van der Waals surface area contributed by atoms with Gasteiger partial charge in [-0.1, -0.05) is 23.7 Å². The summed E-state index contributed by atoms with van der Waals surface area (Å²) in [5.74, 6) is 0.520. The molecule has 0 saturated carbocycles. The Morgan fingerprint density at radius 1 is 1.03 bits per heavy atom. The Morgan fingerprint density at radius 3 is 2.52 bits per heavy atom. The highest BCUT2D eigenvalue weighted by Crippen LogP contribution is 2.30. The van der Waals surface area contributed by atoms with Gasteiger partial charge in [-0.25, -0.2) is 18.4 Å². The molecule has 3 N–H and O–H groups in total. The lowest BCUT2D eigenvalue weighted by Crippen LogP contribution is -2.23. The molecule has 0 spiro atoms. The van der Waals surface area contributed by atoms with Crippen LogP contribution in [-0.4, -0.2) is 36.2 Å². The number of fused-ring (bicyclic) bond motifs is 1. The Morgan fingerprint density at radius 2 is 1.76 bits per heavy atom. The summed E-state index contributed by atoms with van der Waals surface area (Å²) >= 11 is 6.41. The number of rotatable bonds is 5. The molecule has 150 valence electrons. The highest BCUT2D eigenvalue weighted by molar-refractivity contribution is 7.90. The second-order valence-corrected chi connectivity index (χ2v) is 9.07. The van der Waals surface area contributed by atoms with E-state index in [4.69, 9.17) is 11.6 Å². The molecule has 4 rings (SSSR count). The second kappa shape index (κ2) is 7.94. The largest absolute Gasteiger partial charge is 0.323 e. The SMILES string of the molecule is CS(=O)(=O)c1ccccc1Nc1ncnc(Nc2cc3c(cc2Cl)CNCC3)n1. The number of aromatic nitrogens is 3. The summed E-state index contributed by atoms with van der Waals surface area (Å²) in [5, 5.41) is 9.96. The molecule has 29 heavy (non-hydrogen) atoms. The van der Waals surface area contributed by atoms with E-state index in [-0.39, 0.29) is 10.8 Å². The Bertz CT molecular complexity index is 1170. The molecule has 0 radical (unpaired) electrons. The summed E-state index contributed by atoms with van der Waals surface area (Å²) in [6, 6.07) is 10.5. The minimum atomic E-state index is -3.40. The molecule has 0 aliphatic carbocycles. The fourth-order valence-corrected chi connectivity index (χ4v) is 4.23. The minimum absolute atomic E-state index is 0.168. The molecule has 0 saturated heterocycles. The molecule has 0 atom stereocenters. The first-order chi connectivity index (χ1) is 13.9. The lowest BCUT2D eigenvalue weighted by Gasteiger charge is -2.19. The number of nitrogens with zero attached hydrogens (tertiary/aromatic N) is 3. The van der Waals surface area contributed by atoms with Gasteiger partial charge >= 0.3 is 0 Å². The molecule has 0 bridgehead atoms. The molecule has 1 aliphatic heterocycles. The summed E-state index contributed by atoms with van der Waals surface area (Å²) in [6.07, 6.45) is 3.42. The quantitative estimate of drug-likeness (QED) is 0.566. The summed E-state index contributed by atoms with van der Waals surface area (Å²) in [5.41, 5.74) is 3.51.